The fourth-order valence-electron chi connectivity index (χ4n) is 3.11. The average Bonchev–Trinajstić information content (AvgIpc) is 3.04. The van der Waals surface area contributed by atoms with E-state index in [4.69, 9.17) is 0 Å². The van der Waals surface area contributed by atoms with Gasteiger partial charge in [-0.1, -0.05) is 12.1 Å². The molecule has 0 spiro atoms. The monoisotopic (exact) mass is 358 g/mol. The summed E-state index contributed by atoms with van der Waals surface area (Å²) in [6.45, 7) is 1.38. The van der Waals surface area contributed by atoms with E-state index >= 15 is 0 Å². The van der Waals surface area contributed by atoms with Crippen molar-refractivity contribution in [2.45, 2.75) is 12.6 Å². The lowest BCUT2D eigenvalue weighted by molar-refractivity contribution is -0.129. The molecule has 6 nitrogen and oxygen atoms in total. The van der Waals surface area contributed by atoms with Crippen LogP contribution in [0, 0.1) is 5.82 Å². The number of aromatic nitrogens is 2. The summed E-state index contributed by atoms with van der Waals surface area (Å²) in [5.74, 6) is -0.0788. The van der Waals surface area contributed by atoms with Gasteiger partial charge in [0, 0.05) is 13.1 Å². The number of halogens is 1. The van der Waals surface area contributed by atoms with Gasteiger partial charge in [0.15, 0.2) is 0 Å². The maximum Gasteiger partial charge on any atom is 0.268 e. The van der Waals surface area contributed by atoms with Crippen molar-refractivity contribution in [2.24, 2.45) is 0 Å². The number of nitrogens with zero attached hydrogens (tertiary/aromatic N) is 2. The number of nitrogens with one attached hydrogen (secondary N) is 2. The average molecular weight is 358 g/mol. The first-order valence-electron chi connectivity index (χ1n) is 7.85. The number of fused-ring (bicyclic) bond motifs is 1. The Hall–Kier alpha value is -2.58. The SMILES string of the molecule is O=C1NCCN(Cc2nc3ccsc3c(=O)[nH]2)C1c1cccc(F)c1. The highest BCUT2D eigenvalue weighted by atomic mass is 32.1. The highest BCUT2D eigenvalue weighted by Crippen LogP contribution is 2.25. The fourth-order valence-corrected chi connectivity index (χ4v) is 3.84. The van der Waals surface area contributed by atoms with Gasteiger partial charge in [-0.2, -0.15) is 0 Å². The molecule has 1 aromatic carbocycles. The van der Waals surface area contributed by atoms with E-state index in [1.165, 1.54) is 23.5 Å². The fraction of sp³-hybridized carbons (Fsp3) is 0.235. The van der Waals surface area contributed by atoms with Crippen molar-refractivity contribution in [3.05, 3.63) is 63.3 Å². The summed E-state index contributed by atoms with van der Waals surface area (Å²) in [4.78, 5) is 33.6. The van der Waals surface area contributed by atoms with Gasteiger partial charge in [0.05, 0.1) is 12.1 Å². The van der Waals surface area contributed by atoms with Crippen LogP contribution >= 0.6 is 11.3 Å². The Morgan fingerprint density at radius 3 is 3.04 bits per heavy atom. The maximum absolute atomic E-state index is 13.6. The summed E-state index contributed by atoms with van der Waals surface area (Å²) in [6.07, 6.45) is 0. The molecule has 1 amide bonds. The Morgan fingerprint density at radius 2 is 2.20 bits per heavy atom. The summed E-state index contributed by atoms with van der Waals surface area (Å²) in [6, 6.07) is 7.20. The Kier molecular flexibility index (Phi) is 4.06. The number of carbonyl (C=O) groups excluding carboxylic acids is 1. The third-order valence-electron chi connectivity index (χ3n) is 4.19. The minimum atomic E-state index is -0.618. The van der Waals surface area contributed by atoms with Crippen molar-refractivity contribution in [1.29, 1.82) is 0 Å². The Balaban J connectivity index is 1.68. The van der Waals surface area contributed by atoms with Crippen LogP contribution in [0.1, 0.15) is 17.4 Å². The topological polar surface area (TPSA) is 78.1 Å². The zero-order valence-corrected chi connectivity index (χ0v) is 14.0. The lowest BCUT2D eigenvalue weighted by Crippen LogP contribution is -2.49. The summed E-state index contributed by atoms with van der Waals surface area (Å²) in [5.41, 5.74) is 1.04. The van der Waals surface area contributed by atoms with Gasteiger partial charge in [-0.25, -0.2) is 9.37 Å². The van der Waals surface area contributed by atoms with E-state index in [0.717, 1.165) is 0 Å². The van der Waals surface area contributed by atoms with Crippen LogP contribution in [-0.4, -0.2) is 33.9 Å². The van der Waals surface area contributed by atoms with Crippen LogP contribution < -0.4 is 10.9 Å². The van der Waals surface area contributed by atoms with Crippen LogP contribution in [0.3, 0.4) is 0 Å². The van der Waals surface area contributed by atoms with Crippen molar-refractivity contribution in [3.63, 3.8) is 0 Å². The predicted molar refractivity (Wildman–Crippen MR) is 92.8 cm³/mol. The predicted octanol–water partition coefficient (Wildman–Crippen LogP) is 1.80. The lowest BCUT2D eigenvalue weighted by Gasteiger charge is -2.34. The Bertz CT molecular complexity index is 999. The quantitative estimate of drug-likeness (QED) is 0.748. The first kappa shape index (κ1) is 15.9. The number of rotatable bonds is 3. The molecule has 1 fully saturated rings. The number of hydrogen-bond donors (Lipinski definition) is 2. The number of thiophene rings is 1. The second-order valence-corrected chi connectivity index (χ2v) is 6.78. The van der Waals surface area contributed by atoms with E-state index in [9.17, 15) is 14.0 Å². The van der Waals surface area contributed by atoms with Gasteiger partial charge < -0.3 is 10.3 Å². The van der Waals surface area contributed by atoms with Crippen LogP contribution in [0.4, 0.5) is 4.39 Å². The molecule has 0 bridgehead atoms. The van der Waals surface area contributed by atoms with Crippen LogP contribution in [0.15, 0.2) is 40.5 Å². The molecule has 0 aliphatic carbocycles. The van der Waals surface area contributed by atoms with E-state index in [2.05, 4.69) is 15.3 Å². The molecule has 128 valence electrons. The van der Waals surface area contributed by atoms with Gasteiger partial charge in [-0.3, -0.25) is 14.5 Å². The maximum atomic E-state index is 13.6. The van der Waals surface area contributed by atoms with Crippen LogP contribution in [0.2, 0.25) is 0 Å². The van der Waals surface area contributed by atoms with E-state index in [1.54, 1.807) is 18.2 Å². The van der Waals surface area contributed by atoms with Crippen molar-refractivity contribution in [3.8, 4) is 0 Å². The summed E-state index contributed by atoms with van der Waals surface area (Å²) >= 11 is 1.34. The smallest absolute Gasteiger partial charge is 0.268 e. The second kappa shape index (κ2) is 6.38. The molecule has 1 aliphatic rings. The molecule has 3 aromatic rings. The Labute approximate surface area is 146 Å². The molecule has 1 aliphatic heterocycles. The number of aromatic amines is 1. The van der Waals surface area contributed by atoms with Crippen molar-refractivity contribution in [2.75, 3.05) is 13.1 Å². The number of carbonyl (C=O) groups is 1. The lowest BCUT2D eigenvalue weighted by atomic mass is 10.0. The van der Waals surface area contributed by atoms with E-state index < -0.39 is 6.04 Å². The molecule has 2 aromatic heterocycles. The van der Waals surface area contributed by atoms with Crippen LogP contribution in [0.5, 0.6) is 0 Å². The number of amides is 1. The number of piperazine rings is 1. The molecule has 0 radical (unpaired) electrons. The van der Waals surface area contributed by atoms with Crippen LogP contribution in [0.25, 0.3) is 10.2 Å². The highest BCUT2D eigenvalue weighted by Gasteiger charge is 2.31. The van der Waals surface area contributed by atoms with Gasteiger partial charge in [-0.05, 0) is 29.1 Å². The molecule has 2 N–H and O–H groups in total. The Morgan fingerprint density at radius 1 is 1.32 bits per heavy atom. The van der Waals surface area contributed by atoms with Gasteiger partial charge in [0.25, 0.3) is 5.56 Å². The minimum absolute atomic E-state index is 0.182. The molecule has 3 heterocycles. The molecule has 4 rings (SSSR count). The first-order chi connectivity index (χ1) is 12.1. The van der Waals surface area contributed by atoms with Gasteiger partial charge in [0.2, 0.25) is 5.91 Å². The van der Waals surface area contributed by atoms with E-state index in [0.29, 0.717) is 41.2 Å². The van der Waals surface area contributed by atoms with Crippen LogP contribution in [-0.2, 0) is 11.3 Å². The number of benzene rings is 1. The van der Waals surface area contributed by atoms with Crippen molar-refractivity contribution < 1.29 is 9.18 Å². The van der Waals surface area contributed by atoms with Crippen molar-refractivity contribution >= 4 is 27.5 Å². The minimum Gasteiger partial charge on any atom is -0.353 e. The normalized spacial score (nSPS) is 18.4. The molecular formula is C17H15FN4O2S. The number of H-pyrrole nitrogens is 1. The molecule has 1 atom stereocenters. The molecule has 1 unspecified atom stereocenters. The zero-order chi connectivity index (χ0) is 17.4. The second-order valence-electron chi connectivity index (χ2n) is 5.87. The zero-order valence-electron chi connectivity index (χ0n) is 13.2. The summed E-state index contributed by atoms with van der Waals surface area (Å²) < 4.78 is 14.2. The largest absolute Gasteiger partial charge is 0.353 e. The number of hydrogen-bond acceptors (Lipinski definition) is 5. The van der Waals surface area contributed by atoms with Crippen molar-refractivity contribution in [1.82, 2.24) is 20.2 Å². The third kappa shape index (κ3) is 3.06. The first-order valence-corrected chi connectivity index (χ1v) is 8.73. The third-order valence-corrected chi connectivity index (χ3v) is 5.10. The summed E-state index contributed by atoms with van der Waals surface area (Å²) in [7, 11) is 0. The molecular weight excluding hydrogens is 343 g/mol. The standard InChI is InChI=1S/C17H15FN4O2S/c18-11-3-1-2-10(8-11)14-16(23)19-5-6-22(14)9-13-20-12-4-7-25-15(12)17(24)21-13/h1-4,7-8,14H,5-6,9H2,(H,19,23)(H,20,21,24). The highest BCUT2D eigenvalue weighted by molar-refractivity contribution is 7.17. The van der Waals surface area contributed by atoms with Gasteiger partial charge in [-0.15, -0.1) is 11.3 Å². The van der Waals surface area contributed by atoms with E-state index in [1.807, 2.05) is 10.3 Å². The molecule has 8 heteroatoms. The molecule has 1 saturated heterocycles. The van der Waals surface area contributed by atoms with Gasteiger partial charge in [0.1, 0.15) is 22.4 Å². The van der Waals surface area contributed by atoms with E-state index in [-0.39, 0.29) is 17.3 Å². The molecule has 25 heavy (non-hydrogen) atoms. The van der Waals surface area contributed by atoms with Gasteiger partial charge >= 0.3 is 0 Å². The summed E-state index contributed by atoms with van der Waals surface area (Å²) in [5, 5.41) is 4.63. The molecule has 0 saturated carbocycles.